The zero-order valence-corrected chi connectivity index (χ0v) is 13.0. The van der Waals surface area contributed by atoms with Crippen LogP contribution in [0.3, 0.4) is 0 Å². The van der Waals surface area contributed by atoms with E-state index in [9.17, 15) is 13.6 Å². The lowest BCUT2D eigenvalue weighted by molar-refractivity contribution is -0.0220. The number of aromatic nitrogens is 1. The molecule has 0 atom stereocenters. The first-order chi connectivity index (χ1) is 9.35. The standard InChI is InChI=1S/C12H12BrClF2N2O2/c1-20-11(19)7-6-17-10(14)8(13)9(7)18-4-2-12(15,16)3-5-18/h6H,2-5H2,1H3. The van der Waals surface area contributed by atoms with Crippen molar-refractivity contribution in [1.82, 2.24) is 4.98 Å². The highest BCUT2D eigenvalue weighted by atomic mass is 79.9. The molecule has 1 saturated heterocycles. The molecule has 0 aliphatic carbocycles. The van der Waals surface area contributed by atoms with Crippen LogP contribution in [-0.2, 0) is 4.74 Å². The van der Waals surface area contributed by atoms with E-state index < -0.39 is 11.9 Å². The molecule has 4 nitrogen and oxygen atoms in total. The molecule has 1 aliphatic rings. The van der Waals surface area contributed by atoms with Gasteiger partial charge >= 0.3 is 5.97 Å². The lowest BCUT2D eigenvalue weighted by Crippen LogP contribution is -2.40. The van der Waals surface area contributed by atoms with Gasteiger partial charge in [0.05, 0.1) is 17.3 Å². The normalized spacial score (nSPS) is 17.9. The first-order valence-electron chi connectivity index (χ1n) is 5.91. The van der Waals surface area contributed by atoms with Gasteiger partial charge in [0, 0.05) is 32.1 Å². The molecule has 0 radical (unpaired) electrons. The van der Waals surface area contributed by atoms with Crippen molar-refractivity contribution in [3.63, 3.8) is 0 Å². The Bertz CT molecular complexity index is 532. The number of alkyl halides is 2. The number of nitrogens with zero attached hydrogens (tertiary/aromatic N) is 2. The molecule has 8 heteroatoms. The Labute approximate surface area is 128 Å². The van der Waals surface area contributed by atoms with Crippen molar-refractivity contribution in [1.29, 1.82) is 0 Å². The van der Waals surface area contributed by atoms with Gasteiger partial charge in [-0.2, -0.15) is 0 Å². The van der Waals surface area contributed by atoms with Crippen LogP contribution in [0.2, 0.25) is 5.15 Å². The monoisotopic (exact) mass is 368 g/mol. The molecule has 1 aromatic heterocycles. The molecular weight excluding hydrogens is 357 g/mol. The van der Waals surface area contributed by atoms with Crippen molar-refractivity contribution in [3.05, 3.63) is 21.4 Å². The van der Waals surface area contributed by atoms with E-state index in [0.717, 1.165) is 0 Å². The molecule has 1 aliphatic heterocycles. The Hall–Kier alpha value is -0.950. The van der Waals surface area contributed by atoms with Crippen LogP contribution in [0.15, 0.2) is 10.7 Å². The number of halogens is 4. The quantitative estimate of drug-likeness (QED) is 0.591. The minimum atomic E-state index is -2.66. The second kappa shape index (κ2) is 5.81. The summed E-state index contributed by atoms with van der Waals surface area (Å²) in [6.45, 7) is 0.270. The van der Waals surface area contributed by atoms with E-state index in [0.29, 0.717) is 10.2 Å². The number of carbonyl (C=O) groups is 1. The van der Waals surface area contributed by atoms with Crippen molar-refractivity contribution in [2.24, 2.45) is 0 Å². The molecule has 0 N–H and O–H groups in total. The van der Waals surface area contributed by atoms with Crippen molar-refractivity contribution < 1.29 is 18.3 Å². The number of methoxy groups -OCH3 is 1. The number of esters is 1. The zero-order valence-electron chi connectivity index (χ0n) is 10.6. The second-order valence-corrected chi connectivity index (χ2v) is 5.61. The summed E-state index contributed by atoms with van der Waals surface area (Å²) in [5.41, 5.74) is 0.654. The predicted octanol–water partition coefficient (Wildman–Crippen LogP) is 3.52. The van der Waals surface area contributed by atoms with Gasteiger partial charge in [-0.1, -0.05) is 11.6 Å². The summed E-state index contributed by atoms with van der Waals surface area (Å²) in [7, 11) is 1.25. The second-order valence-electron chi connectivity index (χ2n) is 4.46. The van der Waals surface area contributed by atoms with Crippen LogP contribution in [0.4, 0.5) is 14.5 Å². The molecule has 0 aromatic carbocycles. The predicted molar refractivity (Wildman–Crippen MR) is 74.7 cm³/mol. The van der Waals surface area contributed by atoms with Crippen LogP contribution in [0, 0.1) is 0 Å². The largest absolute Gasteiger partial charge is 0.465 e. The highest BCUT2D eigenvalue weighted by Crippen LogP contribution is 2.38. The molecule has 2 heterocycles. The molecule has 110 valence electrons. The van der Waals surface area contributed by atoms with Crippen molar-refractivity contribution in [3.8, 4) is 0 Å². The van der Waals surface area contributed by atoms with Gasteiger partial charge in [0.2, 0.25) is 0 Å². The van der Waals surface area contributed by atoms with E-state index in [2.05, 4.69) is 25.7 Å². The Balaban J connectivity index is 2.39. The SMILES string of the molecule is COC(=O)c1cnc(Cl)c(Br)c1N1CCC(F)(F)CC1. The van der Waals surface area contributed by atoms with E-state index in [-0.39, 0.29) is 36.6 Å². The molecule has 0 amide bonds. The minimum Gasteiger partial charge on any atom is -0.465 e. The molecule has 0 saturated carbocycles. The lowest BCUT2D eigenvalue weighted by atomic mass is 10.1. The van der Waals surface area contributed by atoms with Gasteiger partial charge < -0.3 is 9.64 Å². The van der Waals surface area contributed by atoms with E-state index in [4.69, 9.17) is 11.6 Å². The average Bonchev–Trinajstić information content (AvgIpc) is 2.41. The Kier molecular flexibility index (Phi) is 4.49. The third-order valence-corrected chi connectivity index (χ3v) is 4.43. The highest BCUT2D eigenvalue weighted by molar-refractivity contribution is 9.10. The number of pyridine rings is 1. The summed E-state index contributed by atoms with van der Waals surface area (Å²) in [4.78, 5) is 17.3. The van der Waals surface area contributed by atoms with Crippen LogP contribution in [0.1, 0.15) is 23.2 Å². The van der Waals surface area contributed by atoms with Crippen molar-refractivity contribution in [2.75, 3.05) is 25.1 Å². The molecule has 0 spiro atoms. The molecular formula is C12H12BrClF2N2O2. The van der Waals surface area contributed by atoms with Gasteiger partial charge in [-0.05, 0) is 15.9 Å². The van der Waals surface area contributed by atoms with Crippen molar-refractivity contribution in [2.45, 2.75) is 18.8 Å². The van der Waals surface area contributed by atoms with E-state index in [1.54, 1.807) is 4.90 Å². The number of hydrogen-bond acceptors (Lipinski definition) is 4. The van der Waals surface area contributed by atoms with Crippen LogP contribution in [0.5, 0.6) is 0 Å². The molecule has 2 rings (SSSR count). The fourth-order valence-electron chi connectivity index (χ4n) is 2.08. The molecule has 20 heavy (non-hydrogen) atoms. The fourth-order valence-corrected chi connectivity index (χ4v) is 2.79. The van der Waals surface area contributed by atoms with Crippen LogP contribution < -0.4 is 4.90 Å². The summed E-state index contributed by atoms with van der Waals surface area (Å²) in [6.07, 6.45) is 0.765. The first kappa shape index (κ1) is 15.4. The van der Waals surface area contributed by atoms with Crippen LogP contribution in [0.25, 0.3) is 0 Å². The van der Waals surface area contributed by atoms with Crippen molar-refractivity contribution >= 4 is 39.2 Å². The summed E-state index contributed by atoms with van der Waals surface area (Å²) < 4.78 is 31.6. The summed E-state index contributed by atoms with van der Waals surface area (Å²) in [6, 6.07) is 0. The number of piperidine rings is 1. The molecule has 0 bridgehead atoms. The Morgan fingerprint density at radius 1 is 1.50 bits per heavy atom. The topological polar surface area (TPSA) is 42.4 Å². The summed E-state index contributed by atoms with van der Waals surface area (Å²) in [5, 5.41) is 0.171. The van der Waals surface area contributed by atoms with Crippen LogP contribution in [-0.4, -0.2) is 37.1 Å². The van der Waals surface area contributed by atoms with E-state index >= 15 is 0 Å². The van der Waals surface area contributed by atoms with Gasteiger partial charge in [-0.15, -0.1) is 0 Å². The van der Waals surface area contributed by atoms with Gasteiger partial charge in [0.25, 0.3) is 5.92 Å². The van der Waals surface area contributed by atoms with Gasteiger partial charge in [0.15, 0.2) is 0 Å². The maximum Gasteiger partial charge on any atom is 0.341 e. The maximum atomic E-state index is 13.2. The van der Waals surface area contributed by atoms with E-state index in [1.807, 2.05) is 0 Å². The first-order valence-corrected chi connectivity index (χ1v) is 7.08. The number of rotatable bonds is 2. The zero-order chi connectivity index (χ0) is 14.9. The molecule has 1 aromatic rings. The number of ether oxygens (including phenoxy) is 1. The smallest absolute Gasteiger partial charge is 0.341 e. The summed E-state index contributed by atoms with van der Waals surface area (Å²) in [5.74, 6) is -3.24. The lowest BCUT2D eigenvalue weighted by Gasteiger charge is -2.34. The third kappa shape index (κ3) is 3.03. The van der Waals surface area contributed by atoms with E-state index in [1.165, 1.54) is 13.3 Å². The van der Waals surface area contributed by atoms with Gasteiger partial charge in [-0.3, -0.25) is 0 Å². The molecule has 1 fully saturated rings. The van der Waals surface area contributed by atoms with Gasteiger partial charge in [0.1, 0.15) is 10.7 Å². The summed E-state index contributed by atoms with van der Waals surface area (Å²) >= 11 is 9.19. The number of anilines is 1. The fraction of sp³-hybridized carbons (Fsp3) is 0.500. The van der Waals surface area contributed by atoms with Crippen LogP contribution >= 0.6 is 27.5 Å². The minimum absolute atomic E-state index is 0.135. The number of carbonyl (C=O) groups excluding carboxylic acids is 1. The maximum absolute atomic E-state index is 13.2. The average molecular weight is 370 g/mol. The number of hydrogen-bond donors (Lipinski definition) is 0. The third-order valence-electron chi connectivity index (χ3n) is 3.17. The Morgan fingerprint density at radius 2 is 2.10 bits per heavy atom. The van der Waals surface area contributed by atoms with Gasteiger partial charge in [-0.25, -0.2) is 18.6 Å². The highest BCUT2D eigenvalue weighted by Gasteiger charge is 2.36. The Morgan fingerprint density at radius 3 is 2.65 bits per heavy atom. The molecule has 0 unspecified atom stereocenters.